The largest absolute Gasteiger partial charge is 0.376 e. The molecule has 1 aliphatic heterocycles. The van der Waals surface area contributed by atoms with Crippen LogP contribution in [-0.2, 0) is 18.3 Å². The number of hydrogen-bond donors (Lipinski definition) is 2. The standard InChI is InChI=1S/C22H35N7O.HI/c1-4-29(19-10-6-5-7-11-19)14-9-13-23-22(24-16-20-12-8-15-30-20)25-17-21-27-26-18(2)28(21)3;/h5-7,10-11,20H,4,8-9,12-17H2,1-3H3,(H2,23,24,25);1H. The van der Waals surface area contributed by atoms with Crippen LogP contribution in [0.25, 0.3) is 0 Å². The summed E-state index contributed by atoms with van der Waals surface area (Å²) in [6.07, 6.45) is 3.52. The first-order chi connectivity index (χ1) is 14.7. The molecule has 0 amide bonds. The van der Waals surface area contributed by atoms with Crippen molar-refractivity contribution in [1.29, 1.82) is 0 Å². The highest BCUT2D eigenvalue weighted by atomic mass is 127. The SMILES string of the molecule is CCN(CCCNC(=NCc1nnc(C)n1C)NCC1CCCO1)c1ccccc1.I. The minimum absolute atomic E-state index is 0. The van der Waals surface area contributed by atoms with Crippen molar-refractivity contribution in [3.05, 3.63) is 42.0 Å². The van der Waals surface area contributed by atoms with E-state index in [9.17, 15) is 0 Å². The smallest absolute Gasteiger partial charge is 0.191 e. The Hall–Kier alpha value is -1.88. The second kappa shape index (κ2) is 13.5. The molecule has 0 saturated carbocycles. The molecule has 1 aromatic heterocycles. The number of halogens is 1. The number of aryl methyl sites for hydroxylation is 1. The molecule has 2 N–H and O–H groups in total. The highest BCUT2D eigenvalue weighted by Gasteiger charge is 2.16. The monoisotopic (exact) mass is 541 g/mol. The summed E-state index contributed by atoms with van der Waals surface area (Å²) in [4.78, 5) is 7.12. The Morgan fingerprint density at radius 1 is 1.26 bits per heavy atom. The van der Waals surface area contributed by atoms with E-state index in [2.05, 4.69) is 63.0 Å². The molecule has 2 heterocycles. The average molecular weight is 541 g/mol. The predicted octanol–water partition coefficient (Wildman–Crippen LogP) is 2.87. The zero-order chi connectivity index (χ0) is 21.2. The van der Waals surface area contributed by atoms with E-state index < -0.39 is 0 Å². The van der Waals surface area contributed by atoms with Gasteiger partial charge in [-0.25, -0.2) is 4.99 Å². The summed E-state index contributed by atoms with van der Waals surface area (Å²) in [6.45, 7) is 9.09. The third-order valence-corrected chi connectivity index (χ3v) is 5.48. The fraction of sp³-hybridized carbons (Fsp3) is 0.591. The Morgan fingerprint density at radius 2 is 2.06 bits per heavy atom. The van der Waals surface area contributed by atoms with Crippen LogP contribution in [0.15, 0.2) is 35.3 Å². The van der Waals surface area contributed by atoms with Gasteiger partial charge in [-0.2, -0.15) is 0 Å². The molecule has 9 heteroatoms. The molecule has 1 fully saturated rings. The van der Waals surface area contributed by atoms with Gasteiger partial charge in [-0.15, -0.1) is 34.2 Å². The fourth-order valence-electron chi connectivity index (χ4n) is 3.51. The van der Waals surface area contributed by atoms with Crippen LogP contribution in [-0.4, -0.2) is 59.6 Å². The lowest BCUT2D eigenvalue weighted by atomic mass is 10.2. The number of nitrogens with one attached hydrogen (secondary N) is 2. The summed E-state index contributed by atoms with van der Waals surface area (Å²) in [6, 6.07) is 10.6. The van der Waals surface area contributed by atoms with E-state index in [1.165, 1.54) is 5.69 Å². The number of guanidine groups is 1. The molecule has 3 rings (SSSR count). The number of anilines is 1. The van der Waals surface area contributed by atoms with Crippen molar-refractivity contribution in [2.75, 3.05) is 37.7 Å². The Labute approximate surface area is 202 Å². The molecule has 0 radical (unpaired) electrons. The van der Waals surface area contributed by atoms with Crippen molar-refractivity contribution in [2.24, 2.45) is 12.0 Å². The van der Waals surface area contributed by atoms with Gasteiger partial charge >= 0.3 is 0 Å². The third kappa shape index (κ3) is 7.95. The average Bonchev–Trinajstić information content (AvgIpc) is 3.41. The maximum Gasteiger partial charge on any atom is 0.191 e. The van der Waals surface area contributed by atoms with Gasteiger partial charge in [-0.1, -0.05) is 18.2 Å². The molecule has 8 nitrogen and oxygen atoms in total. The van der Waals surface area contributed by atoms with Gasteiger partial charge in [-0.05, 0) is 45.2 Å². The molecule has 1 saturated heterocycles. The molecule has 1 aliphatic rings. The fourth-order valence-corrected chi connectivity index (χ4v) is 3.51. The highest BCUT2D eigenvalue weighted by molar-refractivity contribution is 14.0. The summed E-state index contributed by atoms with van der Waals surface area (Å²) in [5.74, 6) is 2.54. The molecule has 0 aliphatic carbocycles. The number of rotatable bonds is 10. The summed E-state index contributed by atoms with van der Waals surface area (Å²) < 4.78 is 7.70. The van der Waals surface area contributed by atoms with Gasteiger partial charge in [0.2, 0.25) is 0 Å². The van der Waals surface area contributed by atoms with Crippen molar-refractivity contribution in [2.45, 2.75) is 45.8 Å². The van der Waals surface area contributed by atoms with Crippen LogP contribution in [0, 0.1) is 6.92 Å². The normalized spacial score (nSPS) is 16.1. The van der Waals surface area contributed by atoms with E-state index in [4.69, 9.17) is 9.73 Å². The van der Waals surface area contributed by atoms with Crippen LogP contribution >= 0.6 is 24.0 Å². The molecule has 2 aromatic rings. The van der Waals surface area contributed by atoms with E-state index in [-0.39, 0.29) is 30.1 Å². The predicted molar refractivity (Wildman–Crippen MR) is 136 cm³/mol. The van der Waals surface area contributed by atoms with Gasteiger partial charge in [0.25, 0.3) is 0 Å². The molecule has 1 atom stereocenters. The number of hydrogen-bond acceptors (Lipinski definition) is 5. The molecule has 0 bridgehead atoms. The maximum atomic E-state index is 5.73. The summed E-state index contributed by atoms with van der Waals surface area (Å²) in [5, 5.41) is 15.2. The van der Waals surface area contributed by atoms with Gasteiger partial charge in [0.1, 0.15) is 12.4 Å². The van der Waals surface area contributed by atoms with Crippen LogP contribution in [0.1, 0.15) is 37.8 Å². The molecule has 0 spiro atoms. The number of aliphatic imine (C=N–C) groups is 1. The molecule has 172 valence electrons. The van der Waals surface area contributed by atoms with E-state index in [1.807, 2.05) is 18.5 Å². The van der Waals surface area contributed by atoms with Gasteiger partial charge in [0.15, 0.2) is 11.8 Å². The number of aromatic nitrogens is 3. The minimum Gasteiger partial charge on any atom is -0.376 e. The van der Waals surface area contributed by atoms with Crippen molar-refractivity contribution < 1.29 is 4.74 Å². The van der Waals surface area contributed by atoms with Crippen LogP contribution in [0.5, 0.6) is 0 Å². The second-order valence-corrected chi connectivity index (χ2v) is 7.60. The number of nitrogens with zero attached hydrogens (tertiary/aromatic N) is 5. The maximum absolute atomic E-state index is 5.73. The van der Waals surface area contributed by atoms with Gasteiger partial charge in [0, 0.05) is 45.5 Å². The third-order valence-electron chi connectivity index (χ3n) is 5.48. The first kappa shape index (κ1) is 25.4. The zero-order valence-electron chi connectivity index (χ0n) is 18.9. The molecule has 31 heavy (non-hydrogen) atoms. The quantitative estimate of drug-likeness (QED) is 0.209. The first-order valence-electron chi connectivity index (χ1n) is 11.0. The first-order valence-corrected chi connectivity index (χ1v) is 11.0. The lowest BCUT2D eigenvalue weighted by molar-refractivity contribution is 0.114. The number of benzene rings is 1. The number of para-hydroxylation sites is 1. The molecule has 1 unspecified atom stereocenters. The molecule has 1 aromatic carbocycles. The van der Waals surface area contributed by atoms with Gasteiger partial charge in [-0.3, -0.25) is 0 Å². The molecular formula is C22H36IN7O. The Morgan fingerprint density at radius 3 is 2.71 bits per heavy atom. The minimum atomic E-state index is 0. The Bertz CT molecular complexity index is 790. The molecular weight excluding hydrogens is 505 g/mol. The van der Waals surface area contributed by atoms with E-state index in [0.29, 0.717) is 6.54 Å². The lowest BCUT2D eigenvalue weighted by Crippen LogP contribution is -2.42. The van der Waals surface area contributed by atoms with E-state index in [0.717, 1.165) is 69.7 Å². The van der Waals surface area contributed by atoms with Crippen LogP contribution in [0.2, 0.25) is 0 Å². The lowest BCUT2D eigenvalue weighted by Gasteiger charge is -2.23. The summed E-state index contributed by atoms with van der Waals surface area (Å²) in [5.41, 5.74) is 1.27. The number of ether oxygens (including phenoxy) is 1. The Kier molecular flexibility index (Phi) is 11.1. The van der Waals surface area contributed by atoms with Crippen LogP contribution in [0.3, 0.4) is 0 Å². The zero-order valence-corrected chi connectivity index (χ0v) is 21.2. The van der Waals surface area contributed by atoms with Crippen molar-refractivity contribution >= 4 is 35.6 Å². The van der Waals surface area contributed by atoms with E-state index in [1.54, 1.807) is 0 Å². The van der Waals surface area contributed by atoms with Crippen LogP contribution < -0.4 is 15.5 Å². The topological polar surface area (TPSA) is 79.6 Å². The van der Waals surface area contributed by atoms with E-state index >= 15 is 0 Å². The van der Waals surface area contributed by atoms with Crippen molar-refractivity contribution in [3.8, 4) is 0 Å². The van der Waals surface area contributed by atoms with Crippen LogP contribution in [0.4, 0.5) is 5.69 Å². The van der Waals surface area contributed by atoms with Gasteiger partial charge in [0.05, 0.1) is 6.10 Å². The van der Waals surface area contributed by atoms with Gasteiger partial charge < -0.3 is 24.8 Å². The van der Waals surface area contributed by atoms with Crippen molar-refractivity contribution in [1.82, 2.24) is 25.4 Å². The van der Waals surface area contributed by atoms with Crippen molar-refractivity contribution in [3.63, 3.8) is 0 Å². The Balaban J connectivity index is 0.00000341. The second-order valence-electron chi connectivity index (χ2n) is 7.60. The highest BCUT2D eigenvalue weighted by Crippen LogP contribution is 2.13. The summed E-state index contributed by atoms with van der Waals surface area (Å²) >= 11 is 0. The summed E-state index contributed by atoms with van der Waals surface area (Å²) in [7, 11) is 1.97.